The van der Waals surface area contributed by atoms with Gasteiger partial charge in [-0.25, -0.2) is 4.98 Å². The fourth-order valence-electron chi connectivity index (χ4n) is 2.98. The van der Waals surface area contributed by atoms with E-state index in [0.717, 1.165) is 22.4 Å². The van der Waals surface area contributed by atoms with Gasteiger partial charge in [0.1, 0.15) is 5.56 Å². The van der Waals surface area contributed by atoms with Crippen molar-refractivity contribution in [2.45, 2.75) is 13.5 Å². The molecule has 0 aliphatic heterocycles. The number of hydrogen-bond donors (Lipinski definition) is 1. The Morgan fingerprint density at radius 3 is 2.86 bits per heavy atom. The van der Waals surface area contributed by atoms with E-state index in [-0.39, 0.29) is 11.1 Å². The number of amides is 1. The zero-order chi connectivity index (χ0) is 20.2. The van der Waals surface area contributed by atoms with Crippen molar-refractivity contribution < 1.29 is 4.79 Å². The smallest absolute Gasteiger partial charge is 0.263 e. The molecule has 3 heterocycles. The first-order chi connectivity index (χ1) is 14.1. The zero-order valence-electron chi connectivity index (χ0n) is 15.7. The fourth-order valence-corrected chi connectivity index (χ4v) is 3.70. The topological polar surface area (TPSA) is 76.9 Å². The molecule has 144 valence electrons. The summed E-state index contributed by atoms with van der Waals surface area (Å²) >= 11 is 1.30. The average Bonchev–Trinajstić information content (AvgIpc) is 3.19. The molecular formula is C22H18N4O2S. The maximum Gasteiger partial charge on any atom is 0.263 e. The number of pyridine rings is 2. The number of carbonyl (C=O) groups is 1. The summed E-state index contributed by atoms with van der Waals surface area (Å²) in [5.41, 5.74) is 3.46. The number of aryl methyl sites for hydroxylation is 1. The Bertz CT molecular complexity index is 1210. The van der Waals surface area contributed by atoms with E-state index in [0.29, 0.717) is 11.7 Å². The maximum absolute atomic E-state index is 12.8. The van der Waals surface area contributed by atoms with Gasteiger partial charge in [-0.15, -0.1) is 11.3 Å². The van der Waals surface area contributed by atoms with Crippen LogP contribution in [0.1, 0.15) is 21.5 Å². The number of aromatic nitrogens is 3. The molecule has 1 amide bonds. The number of rotatable bonds is 5. The molecule has 0 saturated carbocycles. The van der Waals surface area contributed by atoms with Crippen LogP contribution in [0.25, 0.3) is 11.3 Å². The second-order valence-electron chi connectivity index (χ2n) is 6.58. The summed E-state index contributed by atoms with van der Waals surface area (Å²) in [4.78, 5) is 33.9. The largest absolute Gasteiger partial charge is 0.310 e. The molecule has 0 saturated heterocycles. The minimum Gasteiger partial charge on any atom is -0.310 e. The van der Waals surface area contributed by atoms with Crippen LogP contribution >= 0.6 is 11.3 Å². The number of carbonyl (C=O) groups excluding carboxylic acids is 1. The van der Waals surface area contributed by atoms with Gasteiger partial charge >= 0.3 is 0 Å². The van der Waals surface area contributed by atoms with Gasteiger partial charge in [0.15, 0.2) is 5.13 Å². The van der Waals surface area contributed by atoms with Crippen LogP contribution in [-0.2, 0) is 6.54 Å². The lowest BCUT2D eigenvalue weighted by molar-refractivity contribution is 0.102. The van der Waals surface area contributed by atoms with E-state index in [1.54, 1.807) is 24.7 Å². The molecule has 0 spiro atoms. The van der Waals surface area contributed by atoms with Crippen LogP contribution in [0.2, 0.25) is 0 Å². The summed E-state index contributed by atoms with van der Waals surface area (Å²) in [5.74, 6) is -0.472. The number of nitrogens with zero attached hydrogens (tertiary/aromatic N) is 3. The summed E-state index contributed by atoms with van der Waals surface area (Å²) in [6, 6.07) is 14.9. The van der Waals surface area contributed by atoms with Gasteiger partial charge in [0.25, 0.3) is 11.5 Å². The predicted molar refractivity (Wildman–Crippen MR) is 114 cm³/mol. The highest BCUT2D eigenvalue weighted by Crippen LogP contribution is 2.24. The van der Waals surface area contributed by atoms with Crippen molar-refractivity contribution in [1.82, 2.24) is 14.5 Å². The third-order valence-corrected chi connectivity index (χ3v) is 5.14. The fraction of sp³-hybridized carbons (Fsp3) is 0.0909. The molecule has 0 aliphatic carbocycles. The lowest BCUT2D eigenvalue weighted by Crippen LogP contribution is -2.29. The molecule has 6 nitrogen and oxygen atoms in total. The normalized spacial score (nSPS) is 10.7. The number of benzene rings is 1. The van der Waals surface area contributed by atoms with Crippen molar-refractivity contribution in [2.24, 2.45) is 0 Å². The monoisotopic (exact) mass is 402 g/mol. The van der Waals surface area contributed by atoms with Crippen LogP contribution in [0.15, 0.2) is 77.3 Å². The Morgan fingerprint density at radius 2 is 2.07 bits per heavy atom. The summed E-state index contributed by atoms with van der Waals surface area (Å²) in [7, 11) is 0. The van der Waals surface area contributed by atoms with E-state index < -0.39 is 5.91 Å². The Morgan fingerprint density at radius 1 is 1.17 bits per heavy atom. The van der Waals surface area contributed by atoms with Crippen molar-refractivity contribution in [3.8, 4) is 11.3 Å². The molecule has 0 radical (unpaired) electrons. The minimum atomic E-state index is -0.472. The standard InChI is InChI=1S/C22H18N4O2S/c1-15-5-2-6-16(11-15)13-26-10-4-8-18(21(26)28)20(27)25-22-24-19(14-29-22)17-7-3-9-23-12-17/h2-12,14H,13H2,1H3,(H,24,25,27). The van der Waals surface area contributed by atoms with E-state index in [4.69, 9.17) is 0 Å². The van der Waals surface area contributed by atoms with E-state index in [2.05, 4.69) is 15.3 Å². The molecule has 1 aromatic carbocycles. The molecule has 0 fully saturated rings. The van der Waals surface area contributed by atoms with E-state index in [9.17, 15) is 9.59 Å². The Kier molecular flexibility index (Phi) is 5.31. The summed E-state index contributed by atoms with van der Waals surface area (Å²) in [6.45, 7) is 2.41. The Hall–Kier alpha value is -3.58. The van der Waals surface area contributed by atoms with Gasteiger partial charge in [0, 0.05) is 29.5 Å². The van der Waals surface area contributed by atoms with Crippen LogP contribution in [0, 0.1) is 6.92 Å². The first-order valence-corrected chi connectivity index (χ1v) is 9.90. The number of anilines is 1. The van der Waals surface area contributed by atoms with Crippen LogP contribution in [-0.4, -0.2) is 20.4 Å². The van der Waals surface area contributed by atoms with Crippen molar-refractivity contribution in [2.75, 3.05) is 5.32 Å². The highest BCUT2D eigenvalue weighted by Gasteiger charge is 2.15. The molecule has 29 heavy (non-hydrogen) atoms. The highest BCUT2D eigenvalue weighted by atomic mass is 32.1. The molecule has 0 atom stereocenters. The van der Waals surface area contributed by atoms with E-state index in [1.165, 1.54) is 22.0 Å². The molecule has 0 aliphatic rings. The van der Waals surface area contributed by atoms with Crippen molar-refractivity contribution >= 4 is 22.4 Å². The maximum atomic E-state index is 12.8. The second kappa shape index (κ2) is 8.20. The van der Waals surface area contributed by atoms with E-state index in [1.807, 2.05) is 48.7 Å². The van der Waals surface area contributed by atoms with Crippen LogP contribution in [0.4, 0.5) is 5.13 Å². The number of thiazole rings is 1. The van der Waals surface area contributed by atoms with Gasteiger partial charge in [-0.05, 0) is 36.8 Å². The number of nitrogens with one attached hydrogen (secondary N) is 1. The zero-order valence-corrected chi connectivity index (χ0v) is 16.5. The van der Waals surface area contributed by atoms with Crippen LogP contribution in [0.5, 0.6) is 0 Å². The third kappa shape index (κ3) is 4.30. The van der Waals surface area contributed by atoms with Gasteiger partial charge in [-0.2, -0.15) is 0 Å². The van der Waals surface area contributed by atoms with Gasteiger partial charge in [-0.3, -0.25) is 19.9 Å². The minimum absolute atomic E-state index is 0.0817. The molecule has 0 bridgehead atoms. The SMILES string of the molecule is Cc1cccc(Cn2cccc(C(=O)Nc3nc(-c4cccnc4)cs3)c2=O)c1. The first kappa shape index (κ1) is 18.8. The lowest BCUT2D eigenvalue weighted by Gasteiger charge is -2.08. The van der Waals surface area contributed by atoms with Crippen molar-refractivity contribution in [1.29, 1.82) is 0 Å². The van der Waals surface area contributed by atoms with Crippen LogP contribution < -0.4 is 10.9 Å². The van der Waals surface area contributed by atoms with Crippen molar-refractivity contribution in [3.63, 3.8) is 0 Å². The van der Waals surface area contributed by atoms with Gasteiger partial charge < -0.3 is 4.57 Å². The third-order valence-electron chi connectivity index (χ3n) is 4.38. The van der Waals surface area contributed by atoms with Crippen molar-refractivity contribution in [3.05, 3.63) is 99.5 Å². The molecular weight excluding hydrogens is 384 g/mol. The van der Waals surface area contributed by atoms with Gasteiger partial charge in [0.2, 0.25) is 0 Å². The second-order valence-corrected chi connectivity index (χ2v) is 7.44. The van der Waals surface area contributed by atoms with E-state index >= 15 is 0 Å². The Balaban J connectivity index is 1.54. The number of hydrogen-bond acceptors (Lipinski definition) is 5. The summed E-state index contributed by atoms with van der Waals surface area (Å²) in [6.07, 6.45) is 5.09. The molecule has 3 aromatic heterocycles. The van der Waals surface area contributed by atoms with Gasteiger partial charge in [-0.1, -0.05) is 29.8 Å². The lowest BCUT2D eigenvalue weighted by atomic mass is 10.1. The molecule has 7 heteroatoms. The quantitative estimate of drug-likeness (QED) is 0.548. The summed E-state index contributed by atoms with van der Waals surface area (Å²) < 4.78 is 1.53. The molecule has 4 aromatic rings. The molecule has 4 rings (SSSR count). The predicted octanol–water partition coefficient (Wildman–Crippen LogP) is 3.98. The van der Waals surface area contributed by atoms with Crippen LogP contribution in [0.3, 0.4) is 0 Å². The van der Waals surface area contributed by atoms with Gasteiger partial charge in [0.05, 0.1) is 12.2 Å². The molecule has 0 unspecified atom stereocenters. The highest BCUT2D eigenvalue weighted by molar-refractivity contribution is 7.14. The summed E-state index contributed by atoms with van der Waals surface area (Å²) in [5, 5.41) is 5.00. The first-order valence-electron chi connectivity index (χ1n) is 9.02. The molecule has 1 N–H and O–H groups in total. The average molecular weight is 402 g/mol. The Labute approximate surface area is 171 Å².